The van der Waals surface area contributed by atoms with Crippen molar-refractivity contribution < 1.29 is 15.0 Å². The SMILES string of the molecule is C=C(C)C(=O)O.OC1CC2(Cl)C(Cl)=C(Cl)C1(Cl)C2(Cl)Cl. The van der Waals surface area contributed by atoms with Gasteiger partial charge in [0.25, 0.3) is 0 Å². The molecule has 1 saturated carbocycles. The van der Waals surface area contributed by atoms with Crippen LogP contribution in [0.4, 0.5) is 0 Å². The van der Waals surface area contributed by atoms with Crippen molar-refractivity contribution in [3.05, 3.63) is 22.2 Å². The number of aliphatic hydroxyl groups excluding tert-OH is 1. The van der Waals surface area contributed by atoms with Crippen molar-refractivity contribution >= 4 is 75.6 Å². The molecule has 0 aromatic carbocycles. The van der Waals surface area contributed by atoms with Gasteiger partial charge in [0.2, 0.25) is 0 Å². The fourth-order valence-electron chi connectivity index (χ4n) is 1.88. The van der Waals surface area contributed by atoms with E-state index in [1.807, 2.05) is 0 Å². The zero-order valence-electron chi connectivity index (χ0n) is 10.1. The molecule has 2 aliphatic rings. The first-order valence-corrected chi connectivity index (χ1v) is 7.49. The third-order valence-electron chi connectivity index (χ3n) is 3.11. The molecule has 0 saturated heterocycles. The first-order valence-electron chi connectivity index (χ1n) is 5.22. The summed E-state index contributed by atoms with van der Waals surface area (Å²) >= 11 is 36.1. The van der Waals surface area contributed by atoms with Gasteiger partial charge in [-0.25, -0.2) is 4.79 Å². The molecule has 0 aromatic rings. The summed E-state index contributed by atoms with van der Waals surface area (Å²) in [5.41, 5.74) is 0.176. The summed E-state index contributed by atoms with van der Waals surface area (Å²) in [4.78, 5) is 6.80. The number of carbonyl (C=O) groups is 1. The average molecular weight is 403 g/mol. The number of carboxylic acid groups (broad SMARTS) is 1. The molecule has 3 unspecified atom stereocenters. The molecule has 0 aliphatic heterocycles. The first-order chi connectivity index (χ1) is 8.84. The van der Waals surface area contributed by atoms with E-state index in [2.05, 4.69) is 6.58 Å². The van der Waals surface area contributed by atoms with E-state index in [0.29, 0.717) is 0 Å². The van der Waals surface area contributed by atoms with Gasteiger partial charge < -0.3 is 10.2 Å². The molecule has 2 aliphatic carbocycles. The van der Waals surface area contributed by atoms with E-state index in [-0.39, 0.29) is 22.1 Å². The van der Waals surface area contributed by atoms with Gasteiger partial charge in [-0.1, -0.05) is 53.0 Å². The van der Waals surface area contributed by atoms with Crippen molar-refractivity contribution in [1.82, 2.24) is 0 Å². The van der Waals surface area contributed by atoms with E-state index in [4.69, 9.17) is 74.7 Å². The van der Waals surface area contributed by atoms with Gasteiger partial charge in [0.15, 0.2) is 4.33 Å². The Kier molecular flexibility index (Phi) is 5.32. The maximum Gasteiger partial charge on any atom is 0.330 e. The largest absolute Gasteiger partial charge is 0.478 e. The molecule has 114 valence electrons. The van der Waals surface area contributed by atoms with Crippen LogP contribution in [-0.4, -0.2) is 36.4 Å². The van der Waals surface area contributed by atoms with E-state index in [1.54, 1.807) is 0 Å². The predicted molar refractivity (Wildman–Crippen MR) is 83.4 cm³/mol. The average Bonchev–Trinajstić information content (AvgIpc) is 2.52. The molecule has 0 aromatic heterocycles. The summed E-state index contributed by atoms with van der Waals surface area (Å²) in [7, 11) is 0. The van der Waals surface area contributed by atoms with Gasteiger partial charge >= 0.3 is 5.97 Å². The number of aliphatic carboxylic acids is 1. The first kappa shape index (κ1) is 18.7. The molecule has 1 fully saturated rings. The molecule has 20 heavy (non-hydrogen) atoms. The van der Waals surface area contributed by atoms with Crippen LogP contribution in [0.2, 0.25) is 0 Å². The van der Waals surface area contributed by atoms with Crippen LogP contribution >= 0.6 is 69.6 Å². The molecular weight excluding hydrogens is 393 g/mol. The number of allylic oxidation sites excluding steroid dienone is 1. The molecule has 0 amide bonds. The van der Waals surface area contributed by atoms with Crippen LogP contribution < -0.4 is 0 Å². The van der Waals surface area contributed by atoms with Crippen molar-refractivity contribution in [1.29, 1.82) is 0 Å². The van der Waals surface area contributed by atoms with Gasteiger partial charge in [0.05, 0.1) is 16.2 Å². The number of hydrogen-bond acceptors (Lipinski definition) is 2. The van der Waals surface area contributed by atoms with Crippen molar-refractivity contribution in [2.75, 3.05) is 0 Å². The molecule has 3 nitrogen and oxygen atoms in total. The summed E-state index contributed by atoms with van der Waals surface area (Å²) in [5.74, 6) is -0.935. The number of rotatable bonds is 1. The van der Waals surface area contributed by atoms with Gasteiger partial charge in [-0.2, -0.15) is 0 Å². The van der Waals surface area contributed by atoms with Gasteiger partial charge in [-0.05, 0) is 6.92 Å². The molecule has 0 spiro atoms. The second-order valence-corrected chi connectivity index (χ2v) is 7.85. The van der Waals surface area contributed by atoms with E-state index >= 15 is 0 Å². The fourth-order valence-corrected chi connectivity index (χ4v) is 4.52. The van der Waals surface area contributed by atoms with Crippen LogP contribution in [-0.2, 0) is 4.79 Å². The summed E-state index contributed by atoms with van der Waals surface area (Å²) in [5, 5.41) is 17.7. The van der Waals surface area contributed by atoms with Crippen molar-refractivity contribution in [2.45, 2.75) is 33.5 Å². The van der Waals surface area contributed by atoms with Crippen molar-refractivity contribution in [2.24, 2.45) is 0 Å². The van der Waals surface area contributed by atoms with Gasteiger partial charge in [0.1, 0.15) is 9.75 Å². The quantitative estimate of drug-likeness (QED) is 0.509. The lowest BCUT2D eigenvalue weighted by Crippen LogP contribution is -2.45. The minimum absolute atomic E-state index is 0.0274. The van der Waals surface area contributed by atoms with Gasteiger partial charge in [0, 0.05) is 12.0 Å². The second kappa shape index (κ2) is 5.69. The van der Waals surface area contributed by atoms with Crippen LogP contribution in [0.5, 0.6) is 0 Å². The Bertz CT molecular complexity index is 490. The Morgan fingerprint density at radius 1 is 1.25 bits per heavy atom. The highest BCUT2D eigenvalue weighted by Gasteiger charge is 2.78. The lowest BCUT2D eigenvalue weighted by atomic mass is 10.0. The van der Waals surface area contributed by atoms with E-state index in [0.717, 1.165) is 0 Å². The monoisotopic (exact) mass is 400 g/mol. The zero-order valence-corrected chi connectivity index (χ0v) is 14.6. The Morgan fingerprint density at radius 2 is 1.65 bits per heavy atom. The Balaban J connectivity index is 0.000000286. The molecule has 2 N–H and O–H groups in total. The van der Waals surface area contributed by atoms with Gasteiger partial charge in [-0.15, -0.1) is 23.2 Å². The molecule has 0 radical (unpaired) electrons. The van der Waals surface area contributed by atoms with E-state index in [1.165, 1.54) is 6.92 Å². The standard InChI is InChI=1S/C7H4Cl6O.C4H6O2/c8-3-4(9)6(11)2(14)1-5(3,10)7(6,12)13;1-3(2)4(5)6/h2,14H,1H2;1H2,2H3,(H,5,6). The van der Waals surface area contributed by atoms with Crippen molar-refractivity contribution in [3.8, 4) is 0 Å². The lowest BCUT2D eigenvalue weighted by molar-refractivity contribution is -0.132. The highest BCUT2D eigenvalue weighted by molar-refractivity contribution is 6.65. The zero-order chi connectivity index (χ0) is 16.1. The normalized spacial score (nSPS) is 37.5. The Labute approximate surface area is 146 Å². The Hall–Kier alpha value is 0.650. The van der Waals surface area contributed by atoms with Crippen LogP contribution in [0.1, 0.15) is 13.3 Å². The smallest absolute Gasteiger partial charge is 0.330 e. The van der Waals surface area contributed by atoms with Crippen LogP contribution in [0.15, 0.2) is 22.2 Å². The van der Waals surface area contributed by atoms with E-state index in [9.17, 15) is 9.90 Å². The van der Waals surface area contributed by atoms with Crippen LogP contribution in [0, 0.1) is 0 Å². The minimum Gasteiger partial charge on any atom is -0.478 e. The second-order valence-electron chi connectivity index (χ2n) is 4.52. The lowest BCUT2D eigenvalue weighted by Gasteiger charge is -2.31. The summed E-state index contributed by atoms with van der Waals surface area (Å²) < 4.78 is -1.60. The fraction of sp³-hybridized carbons (Fsp3) is 0.545. The number of alkyl halides is 4. The van der Waals surface area contributed by atoms with Crippen molar-refractivity contribution in [3.63, 3.8) is 0 Å². The third kappa shape index (κ3) is 2.36. The van der Waals surface area contributed by atoms with Gasteiger partial charge in [-0.3, -0.25) is 0 Å². The highest BCUT2D eigenvalue weighted by atomic mass is 35.5. The molecule has 0 heterocycles. The summed E-state index contributed by atoms with van der Waals surface area (Å²) in [6.07, 6.45) is -0.924. The topological polar surface area (TPSA) is 57.5 Å². The maximum atomic E-state index is 9.71. The molecular formula is C11H10Cl6O3. The molecule has 9 heteroatoms. The number of aliphatic hydroxyl groups is 1. The number of hydrogen-bond donors (Lipinski definition) is 2. The number of fused-ring (bicyclic) bond motifs is 2. The third-order valence-corrected chi connectivity index (χ3v) is 7.38. The van der Waals surface area contributed by atoms with Crippen LogP contribution in [0.25, 0.3) is 0 Å². The van der Waals surface area contributed by atoms with Crippen LogP contribution in [0.3, 0.4) is 0 Å². The van der Waals surface area contributed by atoms with E-state index < -0.39 is 26.2 Å². The summed E-state index contributed by atoms with van der Waals surface area (Å²) in [6.45, 7) is 4.60. The minimum atomic E-state index is -1.60. The number of carboxylic acids is 1. The maximum absolute atomic E-state index is 9.71. The Morgan fingerprint density at radius 3 is 1.85 bits per heavy atom. The molecule has 2 bridgehead atoms. The highest BCUT2D eigenvalue weighted by Crippen LogP contribution is 2.72. The summed E-state index contributed by atoms with van der Waals surface area (Å²) in [6, 6.07) is 0. The molecule has 3 atom stereocenters. The number of halogens is 6. The molecule has 2 rings (SSSR count). The predicted octanol–water partition coefficient (Wildman–Crippen LogP) is 4.23.